The second-order valence-electron chi connectivity index (χ2n) is 7.88. The molecular formula is C25H24N4O. The minimum atomic E-state index is -0.0358. The summed E-state index contributed by atoms with van der Waals surface area (Å²) in [6.45, 7) is 1.77. The average molecular weight is 396 g/mol. The monoisotopic (exact) mass is 396 g/mol. The van der Waals surface area contributed by atoms with E-state index in [0.717, 1.165) is 11.1 Å². The van der Waals surface area contributed by atoms with Crippen molar-refractivity contribution in [1.29, 1.82) is 0 Å². The van der Waals surface area contributed by atoms with E-state index in [1.165, 1.54) is 21.9 Å². The van der Waals surface area contributed by atoms with Gasteiger partial charge >= 0.3 is 6.03 Å². The van der Waals surface area contributed by atoms with E-state index in [-0.39, 0.29) is 11.9 Å². The molecule has 2 amide bonds. The van der Waals surface area contributed by atoms with Crippen molar-refractivity contribution in [2.75, 3.05) is 6.54 Å². The number of aryl methyl sites for hydroxylation is 1. The molecule has 0 fully saturated rings. The van der Waals surface area contributed by atoms with Gasteiger partial charge in [0.25, 0.3) is 0 Å². The molecule has 0 aliphatic carbocycles. The average Bonchev–Trinajstić information content (AvgIpc) is 3.22. The Hall–Kier alpha value is -3.60. The Balaban J connectivity index is 1.37. The molecule has 0 radical (unpaired) electrons. The van der Waals surface area contributed by atoms with Crippen molar-refractivity contribution < 1.29 is 4.79 Å². The maximum absolute atomic E-state index is 13.1. The fraction of sp³-hybridized carbons (Fsp3) is 0.200. The highest BCUT2D eigenvalue weighted by atomic mass is 16.2. The fourth-order valence-corrected chi connectivity index (χ4v) is 4.40. The van der Waals surface area contributed by atoms with Gasteiger partial charge in [0.05, 0.1) is 6.20 Å². The van der Waals surface area contributed by atoms with Gasteiger partial charge in [-0.3, -0.25) is 4.68 Å². The van der Waals surface area contributed by atoms with Gasteiger partial charge in [0.2, 0.25) is 0 Å². The molecule has 1 aliphatic rings. The van der Waals surface area contributed by atoms with Crippen LogP contribution in [0.4, 0.5) is 4.79 Å². The van der Waals surface area contributed by atoms with E-state index in [1.807, 2.05) is 53.3 Å². The number of carbonyl (C=O) groups is 1. The molecule has 4 aromatic rings. The first kappa shape index (κ1) is 18.4. The van der Waals surface area contributed by atoms with Crippen molar-refractivity contribution in [2.24, 2.45) is 7.05 Å². The number of hydrogen-bond donors (Lipinski definition) is 1. The van der Waals surface area contributed by atoms with Crippen LogP contribution in [0.1, 0.15) is 28.2 Å². The number of nitrogens with zero attached hydrogens (tertiary/aromatic N) is 3. The quantitative estimate of drug-likeness (QED) is 0.557. The van der Waals surface area contributed by atoms with Gasteiger partial charge in [0.15, 0.2) is 0 Å². The van der Waals surface area contributed by atoms with E-state index >= 15 is 0 Å². The van der Waals surface area contributed by atoms with E-state index in [9.17, 15) is 4.79 Å². The van der Waals surface area contributed by atoms with Gasteiger partial charge in [-0.05, 0) is 33.0 Å². The summed E-state index contributed by atoms with van der Waals surface area (Å²) in [6.07, 6.45) is 3.94. The van der Waals surface area contributed by atoms with E-state index < -0.39 is 0 Å². The first-order valence-corrected chi connectivity index (χ1v) is 10.2. The zero-order valence-corrected chi connectivity index (χ0v) is 17.0. The Morgan fingerprint density at radius 2 is 1.87 bits per heavy atom. The lowest BCUT2D eigenvalue weighted by atomic mass is 9.86. The Morgan fingerprint density at radius 3 is 2.73 bits per heavy atom. The zero-order valence-electron chi connectivity index (χ0n) is 17.0. The van der Waals surface area contributed by atoms with Crippen LogP contribution in [0, 0.1) is 0 Å². The van der Waals surface area contributed by atoms with Crippen molar-refractivity contribution >= 4 is 16.8 Å². The summed E-state index contributed by atoms with van der Waals surface area (Å²) in [6, 6.07) is 22.8. The Labute approximate surface area is 175 Å². The van der Waals surface area contributed by atoms with Gasteiger partial charge in [-0.2, -0.15) is 5.10 Å². The lowest BCUT2D eigenvalue weighted by molar-refractivity contribution is 0.188. The number of amides is 2. The summed E-state index contributed by atoms with van der Waals surface area (Å²) < 4.78 is 1.82. The van der Waals surface area contributed by atoms with Crippen LogP contribution in [-0.2, 0) is 20.1 Å². The minimum Gasteiger partial charge on any atom is -0.334 e. The van der Waals surface area contributed by atoms with E-state index in [1.54, 1.807) is 0 Å². The smallest absolute Gasteiger partial charge is 0.317 e. The topological polar surface area (TPSA) is 50.2 Å². The summed E-state index contributed by atoms with van der Waals surface area (Å²) >= 11 is 0. The number of nitrogens with one attached hydrogen (secondary N) is 1. The predicted octanol–water partition coefficient (Wildman–Crippen LogP) is 4.43. The van der Waals surface area contributed by atoms with Crippen LogP contribution < -0.4 is 5.32 Å². The van der Waals surface area contributed by atoms with Gasteiger partial charge in [-0.1, -0.05) is 66.7 Å². The number of fused-ring (bicyclic) bond motifs is 2. The number of urea groups is 1. The highest BCUT2D eigenvalue weighted by molar-refractivity contribution is 5.86. The van der Waals surface area contributed by atoms with Crippen molar-refractivity contribution in [2.45, 2.75) is 19.0 Å². The summed E-state index contributed by atoms with van der Waals surface area (Å²) in [5.74, 6) is 0.131. The molecule has 2 heterocycles. The molecule has 3 aromatic carbocycles. The third-order valence-corrected chi connectivity index (χ3v) is 5.92. The maximum Gasteiger partial charge on any atom is 0.317 e. The molecule has 1 unspecified atom stereocenters. The molecule has 30 heavy (non-hydrogen) atoms. The van der Waals surface area contributed by atoms with E-state index in [0.29, 0.717) is 19.6 Å². The molecule has 1 atom stereocenters. The molecule has 5 rings (SSSR count). The number of hydrogen-bond acceptors (Lipinski definition) is 2. The van der Waals surface area contributed by atoms with Gasteiger partial charge in [-0.25, -0.2) is 4.79 Å². The normalized spacial score (nSPS) is 15.8. The van der Waals surface area contributed by atoms with Crippen LogP contribution in [0.2, 0.25) is 0 Å². The van der Waals surface area contributed by atoms with Crippen LogP contribution in [0.15, 0.2) is 79.1 Å². The van der Waals surface area contributed by atoms with Crippen LogP contribution in [-0.4, -0.2) is 27.3 Å². The number of aromatic nitrogens is 2. The molecule has 5 heteroatoms. The van der Waals surface area contributed by atoms with Gasteiger partial charge in [-0.15, -0.1) is 0 Å². The second kappa shape index (κ2) is 7.67. The van der Waals surface area contributed by atoms with E-state index in [2.05, 4.69) is 52.9 Å². The van der Waals surface area contributed by atoms with Crippen LogP contribution in [0.5, 0.6) is 0 Å². The van der Waals surface area contributed by atoms with Gasteiger partial charge < -0.3 is 10.2 Å². The first-order chi connectivity index (χ1) is 14.7. The largest absolute Gasteiger partial charge is 0.334 e. The standard InChI is InChI=1S/C25H24N4O/c1-28-15-21(14-27-28)24-17-29(16-20-8-3-5-12-23(20)24)25(30)26-13-19-10-6-9-18-7-2-4-11-22(18)19/h2-12,14-15,24H,13,16-17H2,1H3,(H,26,30). The third kappa shape index (κ3) is 3.43. The predicted molar refractivity (Wildman–Crippen MR) is 118 cm³/mol. The molecule has 5 nitrogen and oxygen atoms in total. The third-order valence-electron chi connectivity index (χ3n) is 5.92. The summed E-state index contributed by atoms with van der Waals surface area (Å²) in [5.41, 5.74) is 4.74. The molecule has 1 aliphatic heterocycles. The van der Waals surface area contributed by atoms with Crippen molar-refractivity contribution in [1.82, 2.24) is 20.0 Å². The Bertz CT molecular complexity index is 1210. The number of rotatable bonds is 3. The summed E-state index contributed by atoms with van der Waals surface area (Å²) in [7, 11) is 1.92. The number of carbonyl (C=O) groups excluding carboxylic acids is 1. The molecule has 0 saturated heterocycles. The van der Waals surface area contributed by atoms with Gasteiger partial charge in [0.1, 0.15) is 0 Å². The summed E-state index contributed by atoms with van der Waals surface area (Å²) in [5, 5.41) is 9.84. The maximum atomic E-state index is 13.1. The van der Waals surface area contributed by atoms with Crippen molar-refractivity contribution in [3.8, 4) is 0 Å². The fourth-order valence-electron chi connectivity index (χ4n) is 4.40. The lowest BCUT2D eigenvalue weighted by Crippen LogP contribution is -2.44. The minimum absolute atomic E-state index is 0.0358. The van der Waals surface area contributed by atoms with Crippen molar-refractivity contribution in [3.63, 3.8) is 0 Å². The molecule has 0 bridgehead atoms. The van der Waals surface area contributed by atoms with Crippen LogP contribution >= 0.6 is 0 Å². The molecule has 1 N–H and O–H groups in total. The Morgan fingerprint density at radius 1 is 1.07 bits per heavy atom. The summed E-state index contributed by atoms with van der Waals surface area (Å²) in [4.78, 5) is 15.0. The van der Waals surface area contributed by atoms with E-state index in [4.69, 9.17) is 0 Å². The highest BCUT2D eigenvalue weighted by Gasteiger charge is 2.29. The molecular weight excluding hydrogens is 372 g/mol. The molecule has 0 spiro atoms. The van der Waals surface area contributed by atoms with Crippen LogP contribution in [0.25, 0.3) is 10.8 Å². The van der Waals surface area contributed by atoms with Gasteiger partial charge in [0, 0.05) is 38.8 Å². The second-order valence-corrected chi connectivity index (χ2v) is 7.88. The highest BCUT2D eigenvalue weighted by Crippen LogP contribution is 2.33. The van der Waals surface area contributed by atoms with Crippen LogP contribution in [0.3, 0.4) is 0 Å². The number of benzene rings is 3. The Kier molecular flexibility index (Phi) is 4.71. The molecule has 1 aromatic heterocycles. The van der Waals surface area contributed by atoms with Crippen molar-refractivity contribution in [3.05, 3.63) is 101 Å². The SMILES string of the molecule is Cn1cc(C2CN(C(=O)NCc3cccc4ccccc34)Cc3ccccc32)cn1. The zero-order chi connectivity index (χ0) is 20.5. The molecule has 0 saturated carbocycles. The first-order valence-electron chi connectivity index (χ1n) is 10.2. The molecule has 150 valence electrons. The lowest BCUT2D eigenvalue weighted by Gasteiger charge is -2.34.